The maximum Gasteiger partial charge on any atom is 0.0950 e. The predicted molar refractivity (Wildman–Crippen MR) is 128 cm³/mol. The van der Waals surface area contributed by atoms with Crippen molar-refractivity contribution in [2.24, 2.45) is 17.8 Å². The highest BCUT2D eigenvalue weighted by atomic mass is 16.3. The molecule has 1 aliphatic rings. The summed E-state index contributed by atoms with van der Waals surface area (Å²) in [6.45, 7) is 11.4. The van der Waals surface area contributed by atoms with Crippen molar-refractivity contribution >= 4 is 0 Å². The normalized spacial score (nSPS) is 20.2. The lowest BCUT2D eigenvalue weighted by atomic mass is 9.87. The van der Waals surface area contributed by atoms with Gasteiger partial charge in [0.2, 0.25) is 0 Å². The standard InChI is InChI=1S/C27H47NO2/c1-22(2)10-8-11-23(3)12-9-17-27(4,30)26(29)21-28-18-15-25(16-19-28)20-24-13-6-5-7-14-24/h5-7,13-14,22-23,25-26,29-30H,8-12,15-21H2,1-4H3. The molecule has 1 fully saturated rings. The summed E-state index contributed by atoms with van der Waals surface area (Å²) < 4.78 is 0. The maximum atomic E-state index is 10.8. The number of β-amino-alcohol motifs (C(OH)–C–C–N with tert-alkyl or cyclic N) is 1. The average molecular weight is 418 g/mol. The zero-order valence-electron chi connectivity index (χ0n) is 20.0. The molecule has 30 heavy (non-hydrogen) atoms. The van der Waals surface area contributed by atoms with Gasteiger partial charge in [0.05, 0.1) is 11.7 Å². The monoisotopic (exact) mass is 417 g/mol. The van der Waals surface area contributed by atoms with E-state index in [1.54, 1.807) is 0 Å². The van der Waals surface area contributed by atoms with Gasteiger partial charge in [0.1, 0.15) is 0 Å². The molecule has 1 aromatic carbocycles. The van der Waals surface area contributed by atoms with Gasteiger partial charge in [-0.25, -0.2) is 0 Å². The molecule has 2 rings (SSSR count). The van der Waals surface area contributed by atoms with E-state index < -0.39 is 11.7 Å². The fourth-order valence-corrected chi connectivity index (χ4v) is 4.76. The van der Waals surface area contributed by atoms with E-state index in [0.29, 0.717) is 18.9 Å². The number of aliphatic hydroxyl groups excluding tert-OH is 1. The van der Waals surface area contributed by atoms with Crippen molar-refractivity contribution in [1.29, 1.82) is 0 Å². The summed E-state index contributed by atoms with van der Waals surface area (Å²) >= 11 is 0. The first kappa shape index (κ1) is 25.4. The molecular weight excluding hydrogens is 370 g/mol. The lowest BCUT2D eigenvalue weighted by Gasteiger charge is -2.37. The second kappa shape index (κ2) is 12.8. The highest BCUT2D eigenvalue weighted by Crippen LogP contribution is 2.26. The molecule has 0 saturated carbocycles. The van der Waals surface area contributed by atoms with Crippen LogP contribution in [0.15, 0.2) is 30.3 Å². The van der Waals surface area contributed by atoms with Gasteiger partial charge < -0.3 is 15.1 Å². The van der Waals surface area contributed by atoms with Crippen LogP contribution in [-0.4, -0.2) is 46.5 Å². The van der Waals surface area contributed by atoms with E-state index in [1.165, 1.54) is 37.7 Å². The molecular formula is C27H47NO2. The number of rotatable bonds is 13. The highest BCUT2D eigenvalue weighted by molar-refractivity contribution is 5.15. The molecule has 1 heterocycles. The van der Waals surface area contributed by atoms with Crippen molar-refractivity contribution in [3.63, 3.8) is 0 Å². The first-order valence-corrected chi connectivity index (χ1v) is 12.4. The first-order valence-electron chi connectivity index (χ1n) is 12.4. The van der Waals surface area contributed by atoms with Crippen molar-refractivity contribution in [3.8, 4) is 0 Å². The Kier molecular flexibility index (Phi) is 10.8. The van der Waals surface area contributed by atoms with Crippen molar-refractivity contribution in [2.75, 3.05) is 19.6 Å². The zero-order chi connectivity index (χ0) is 22.0. The van der Waals surface area contributed by atoms with Crippen LogP contribution in [-0.2, 0) is 6.42 Å². The molecule has 0 radical (unpaired) electrons. The molecule has 0 bridgehead atoms. The van der Waals surface area contributed by atoms with Crippen molar-refractivity contribution in [1.82, 2.24) is 4.90 Å². The molecule has 0 aliphatic carbocycles. The number of benzene rings is 1. The quantitative estimate of drug-likeness (QED) is 0.433. The second-order valence-corrected chi connectivity index (χ2v) is 10.6. The van der Waals surface area contributed by atoms with E-state index in [0.717, 1.165) is 44.2 Å². The van der Waals surface area contributed by atoms with Gasteiger partial charge in [-0.1, -0.05) is 83.2 Å². The topological polar surface area (TPSA) is 43.7 Å². The Morgan fingerprint density at radius 3 is 2.27 bits per heavy atom. The number of nitrogens with zero attached hydrogens (tertiary/aromatic N) is 1. The predicted octanol–water partition coefficient (Wildman–Crippen LogP) is 5.69. The minimum absolute atomic E-state index is 0.592. The van der Waals surface area contributed by atoms with Crippen LogP contribution in [0.5, 0.6) is 0 Å². The Hall–Kier alpha value is -0.900. The minimum Gasteiger partial charge on any atom is -0.389 e. The van der Waals surface area contributed by atoms with Crippen LogP contribution in [0.2, 0.25) is 0 Å². The summed E-state index contributed by atoms with van der Waals surface area (Å²) in [6, 6.07) is 10.8. The molecule has 3 atom stereocenters. The maximum absolute atomic E-state index is 10.8. The summed E-state index contributed by atoms with van der Waals surface area (Å²) in [7, 11) is 0. The molecule has 0 amide bonds. The van der Waals surface area contributed by atoms with E-state index in [1.807, 2.05) is 6.92 Å². The average Bonchev–Trinajstić information content (AvgIpc) is 2.70. The molecule has 2 N–H and O–H groups in total. The SMILES string of the molecule is CC(C)CCCC(C)CCCC(C)(O)C(O)CN1CCC(Cc2ccccc2)CC1. The van der Waals surface area contributed by atoms with Crippen LogP contribution >= 0.6 is 0 Å². The Labute approximate surface area is 185 Å². The fraction of sp³-hybridized carbons (Fsp3) is 0.778. The van der Waals surface area contributed by atoms with Crippen LogP contribution in [0.4, 0.5) is 0 Å². The van der Waals surface area contributed by atoms with Crippen LogP contribution in [0.1, 0.15) is 84.6 Å². The second-order valence-electron chi connectivity index (χ2n) is 10.6. The summed E-state index contributed by atoms with van der Waals surface area (Å²) in [5.41, 5.74) is 0.441. The van der Waals surface area contributed by atoms with Crippen LogP contribution < -0.4 is 0 Å². The molecule has 1 saturated heterocycles. The third kappa shape index (κ3) is 9.49. The Morgan fingerprint density at radius 2 is 1.63 bits per heavy atom. The zero-order valence-corrected chi connectivity index (χ0v) is 20.0. The van der Waals surface area contributed by atoms with Gasteiger partial charge in [0.25, 0.3) is 0 Å². The highest BCUT2D eigenvalue weighted by Gasteiger charge is 2.32. The fourth-order valence-electron chi connectivity index (χ4n) is 4.76. The molecule has 0 spiro atoms. The van der Waals surface area contributed by atoms with Crippen molar-refractivity contribution < 1.29 is 10.2 Å². The van der Waals surface area contributed by atoms with Gasteiger partial charge in [0, 0.05) is 6.54 Å². The van der Waals surface area contributed by atoms with E-state index >= 15 is 0 Å². The number of likely N-dealkylation sites (tertiary alicyclic amines) is 1. The van der Waals surface area contributed by atoms with Crippen LogP contribution in [0.25, 0.3) is 0 Å². The van der Waals surface area contributed by atoms with Gasteiger partial charge in [0.15, 0.2) is 0 Å². The molecule has 1 aromatic rings. The summed E-state index contributed by atoms with van der Waals surface area (Å²) in [4.78, 5) is 2.34. The largest absolute Gasteiger partial charge is 0.389 e. The number of aliphatic hydroxyl groups is 2. The van der Waals surface area contributed by atoms with Crippen molar-refractivity contribution in [3.05, 3.63) is 35.9 Å². The van der Waals surface area contributed by atoms with E-state index in [9.17, 15) is 10.2 Å². The third-order valence-corrected chi connectivity index (χ3v) is 7.08. The lowest BCUT2D eigenvalue weighted by Crippen LogP contribution is -2.48. The summed E-state index contributed by atoms with van der Waals surface area (Å²) in [6.07, 6.45) is 9.56. The Balaban J connectivity index is 1.63. The molecule has 3 unspecified atom stereocenters. The van der Waals surface area contributed by atoms with Gasteiger partial charge in [-0.05, 0) is 69.0 Å². The van der Waals surface area contributed by atoms with E-state index in [-0.39, 0.29) is 0 Å². The molecule has 172 valence electrons. The number of hydrogen-bond acceptors (Lipinski definition) is 3. The van der Waals surface area contributed by atoms with Crippen molar-refractivity contribution in [2.45, 2.75) is 97.2 Å². The smallest absolute Gasteiger partial charge is 0.0950 e. The molecule has 1 aliphatic heterocycles. The Bertz CT molecular complexity index is 563. The minimum atomic E-state index is -0.988. The molecule has 3 heteroatoms. The van der Waals surface area contributed by atoms with Gasteiger partial charge in [-0.3, -0.25) is 0 Å². The van der Waals surface area contributed by atoms with E-state index in [2.05, 4.69) is 56.0 Å². The summed E-state index contributed by atoms with van der Waals surface area (Å²) in [5, 5.41) is 21.6. The van der Waals surface area contributed by atoms with Crippen LogP contribution in [0, 0.1) is 17.8 Å². The van der Waals surface area contributed by atoms with Crippen LogP contribution in [0.3, 0.4) is 0 Å². The number of hydrogen-bond donors (Lipinski definition) is 2. The van der Waals surface area contributed by atoms with Gasteiger partial charge in [-0.2, -0.15) is 0 Å². The lowest BCUT2D eigenvalue weighted by molar-refractivity contribution is -0.0827. The Morgan fingerprint density at radius 1 is 1.00 bits per heavy atom. The van der Waals surface area contributed by atoms with Gasteiger partial charge in [-0.15, -0.1) is 0 Å². The third-order valence-electron chi connectivity index (χ3n) is 7.08. The van der Waals surface area contributed by atoms with E-state index in [4.69, 9.17) is 0 Å². The first-order chi connectivity index (χ1) is 14.3. The molecule has 0 aromatic heterocycles. The summed E-state index contributed by atoms with van der Waals surface area (Å²) in [5.74, 6) is 2.23. The molecule has 3 nitrogen and oxygen atoms in total. The van der Waals surface area contributed by atoms with Gasteiger partial charge >= 0.3 is 0 Å². The number of piperidine rings is 1.